The highest BCUT2D eigenvalue weighted by atomic mass is 16.3. The Balaban J connectivity index is 0.000000206. The van der Waals surface area contributed by atoms with Gasteiger partial charge in [-0.05, 0) is 138 Å². The third kappa shape index (κ3) is 14.4. The summed E-state index contributed by atoms with van der Waals surface area (Å²) in [5.74, 6) is -1.75. The maximum Gasteiger partial charge on any atom is 0.257 e. The van der Waals surface area contributed by atoms with Gasteiger partial charge in [-0.3, -0.25) is 44.5 Å². The monoisotopic (exact) mass is 1040 g/mol. The van der Waals surface area contributed by atoms with Gasteiger partial charge in [0, 0.05) is 53.8 Å². The van der Waals surface area contributed by atoms with Crippen LogP contribution in [0.5, 0.6) is 11.5 Å². The number of aromatic hydroxyl groups is 2. The zero-order valence-electron chi connectivity index (χ0n) is 44.1. The van der Waals surface area contributed by atoms with Gasteiger partial charge < -0.3 is 21.7 Å². The smallest absolute Gasteiger partial charge is 0.257 e. The second-order valence-corrected chi connectivity index (χ2v) is 20.1. The first-order chi connectivity index (χ1) is 37.5. The van der Waals surface area contributed by atoms with Crippen LogP contribution >= 0.6 is 0 Å². The van der Waals surface area contributed by atoms with Crippen molar-refractivity contribution in [3.8, 4) is 51.1 Å². The van der Waals surface area contributed by atoms with Crippen LogP contribution in [0, 0.1) is 0 Å². The zero-order chi connectivity index (χ0) is 55.3. The fraction of sp³-hybridized carbons (Fsp3) is 0.226. The quantitative estimate of drug-likeness (QED) is 0.0500. The lowest BCUT2D eigenvalue weighted by molar-refractivity contribution is -0.131. The molecule has 2 atom stereocenters. The van der Waals surface area contributed by atoms with Crippen molar-refractivity contribution in [1.82, 2.24) is 40.2 Å². The third-order valence-corrected chi connectivity index (χ3v) is 13.1. The number of amides is 4. The minimum Gasteiger partial charge on any atom is -0.508 e. The van der Waals surface area contributed by atoms with Crippen molar-refractivity contribution in [2.75, 3.05) is 0 Å². The summed E-state index contributed by atoms with van der Waals surface area (Å²) in [6, 6.07) is 44.3. The lowest BCUT2D eigenvalue weighted by Gasteiger charge is -2.19. The van der Waals surface area contributed by atoms with Crippen LogP contribution in [0.2, 0.25) is 0 Å². The summed E-state index contributed by atoms with van der Waals surface area (Å²) < 4.78 is 3.82. The largest absolute Gasteiger partial charge is 0.508 e. The normalized spacial score (nSPS) is 12.0. The molecule has 0 saturated carbocycles. The number of aromatic nitrogens is 6. The van der Waals surface area contributed by atoms with E-state index in [2.05, 4.69) is 66.5 Å². The standard InChI is InChI=1S/C32H31N5O3.C30H33N5O3/c1-2-3-16-37-30(19-29(36-37)28-18-24-6-4-5-7-25(24)20-34-28)22-10-12-23(13-11-22)31(39)35-32(40)27(33)17-21-8-14-26(38)15-9-21;1-30(2,3)22-8-10-23(11-9-22)35-24(18-27(34-35)21-5-4-16-32-19-21)12-15-28(37)33-29(38)26(31)17-20-6-13-25(36)14-7-20/h4-15,18-20,27,38H,2-3,16-17,33H2,1H3,(H,35,39,40);4-11,13-14,16,18-19,26,36H,12,15,17,31H2,1-3H3,(H,33,37,38). The average molecular weight is 1050 g/mol. The fourth-order valence-corrected chi connectivity index (χ4v) is 8.62. The van der Waals surface area contributed by atoms with Crippen molar-refractivity contribution >= 4 is 34.4 Å². The molecule has 16 nitrogen and oxygen atoms in total. The molecular weight excluding hydrogens is 981 g/mol. The van der Waals surface area contributed by atoms with E-state index in [1.165, 1.54) is 29.8 Å². The van der Waals surface area contributed by atoms with Gasteiger partial charge in [0.1, 0.15) is 17.2 Å². The molecule has 0 radical (unpaired) electrons. The topological polar surface area (TPSA) is 246 Å². The number of carbonyl (C=O) groups excluding carboxylic acids is 4. The summed E-state index contributed by atoms with van der Waals surface area (Å²) in [5.41, 5.74) is 22.0. The molecule has 4 aromatic heterocycles. The Labute approximate surface area is 453 Å². The van der Waals surface area contributed by atoms with Crippen molar-refractivity contribution in [2.45, 2.75) is 90.3 Å². The van der Waals surface area contributed by atoms with Gasteiger partial charge in [0.15, 0.2) is 0 Å². The first-order valence-corrected chi connectivity index (χ1v) is 25.9. The molecule has 9 rings (SSSR count). The molecule has 4 heterocycles. The van der Waals surface area contributed by atoms with Crippen LogP contribution in [-0.2, 0) is 45.6 Å². The predicted octanol–water partition coefficient (Wildman–Crippen LogP) is 9.18. The van der Waals surface area contributed by atoms with E-state index in [1.54, 1.807) is 48.8 Å². The molecule has 0 aliphatic rings. The Hall–Kier alpha value is -9.12. The second-order valence-electron chi connectivity index (χ2n) is 20.1. The van der Waals surface area contributed by atoms with Crippen LogP contribution in [0.15, 0.2) is 170 Å². The van der Waals surface area contributed by atoms with Crippen molar-refractivity contribution in [2.24, 2.45) is 11.5 Å². The van der Waals surface area contributed by atoms with Gasteiger partial charge in [-0.2, -0.15) is 10.2 Å². The number of hydrogen-bond donors (Lipinski definition) is 6. The molecule has 9 aromatic rings. The first-order valence-electron chi connectivity index (χ1n) is 25.9. The molecule has 0 bridgehead atoms. The van der Waals surface area contributed by atoms with Crippen LogP contribution in [0.1, 0.15) is 79.7 Å². The molecule has 4 amide bonds. The van der Waals surface area contributed by atoms with Crippen LogP contribution in [0.4, 0.5) is 0 Å². The summed E-state index contributed by atoms with van der Waals surface area (Å²) in [6.07, 6.45) is 8.30. The molecule has 78 heavy (non-hydrogen) atoms. The van der Waals surface area contributed by atoms with Gasteiger partial charge in [-0.25, -0.2) is 4.68 Å². The van der Waals surface area contributed by atoms with Crippen LogP contribution in [0.3, 0.4) is 0 Å². The molecule has 8 N–H and O–H groups in total. The molecular formula is C62H64N10O6. The number of nitrogens with two attached hydrogens (primary N) is 2. The number of benzene rings is 5. The number of carbonyl (C=O) groups is 4. The van der Waals surface area contributed by atoms with Gasteiger partial charge in [-0.15, -0.1) is 0 Å². The summed E-state index contributed by atoms with van der Waals surface area (Å²) >= 11 is 0. The Morgan fingerprint density at radius 1 is 0.641 bits per heavy atom. The van der Waals surface area contributed by atoms with Crippen molar-refractivity contribution in [3.63, 3.8) is 0 Å². The van der Waals surface area contributed by atoms with Gasteiger partial charge in [0.2, 0.25) is 17.7 Å². The van der Waals surface area contributed by atoms with Gasteiger partial charge in [0.25, 0.3) is 5.91 Å². The highest BCUT2D eigenvalue weighted by Crippen LogP contribution is 2.29. The number of nitrogens with one attached hydrogen (secondary N) is 2. The van der Waals surface area contributed by atoms with E-state index in [0.717, 1.165) is 86.6 Å². The number of aryl methyl sites for hydroxylation is 2. The molecule has 398 valence electrons. The van der Waals surface area contributed by atoms with Crippen molar-refractivity contribution in [3.05, 3.63) is 198 Å². The van der Waals surface area contributed by atoms with Gasteiger partial charge >= 0.3 is 0 Å². The van der Waals surface area contributed by atoms with Gasteiger partial charge in [0.05, 0.1) is 34.9 Å². The Kier molecular flexibility index (Phi) is 17.8. The summed E-state index contributed by atoms with van der Waals surface area (Å²) in [4.78, 5) is 59.3. The molecule has 0 aliphatic carbocycles. The number of rotatable bonds is 17. The molecule has 0 aliphatic heterocycles. The highest BCUT2D eigenvalue weighted by molar-refractivity contribution is 6.06. The van der Waals surface area contributed by atoms with E-state index in [-0.39, 0.29) is 36.2 Å². The molecule has 5 aromatic carbocycles. The fourth-order valence-electron chi connectivity index (χ4n) is 8.62. The van der Waals surface area contributed by atoms with Crippen LogP contribution < -0.4 is 22.1 Å². The van der Waals surface area contributed by atoms with E-state index >= 15 is 0 Å². The van der Waals surface area contributed by atoms with E-state index in [0.29, 0.717) is 12.0 Å². The maximum absolute atomic E-state index is 12.8. The second kappa shape index (κ2) is 25.1. The SMILES string of the molecule is CC(C)(C)c1ccc(-n2nc(-c3cccnc3)cc2CCC(=O)NC(=O)C(N)Cc2ccc(O)cc2)cc1.CCCCn1nc(-c2cc3ccccc3cn2)cc1-c1ccc(C(=O)NC(=O)C(N)Cc2ccc(O)cc2)cc1. The maximum atomic E-state index is 12.8. The third-order valence-electron chi connectivity index (χ3n) is 13.1. The summed E-state index contributed by atoms with van der Waals surface area (Å²) in [6.45, 7) is 9.39. The lowest BCUT2D eigenvalue weighted by Crippen LogP contribution is -2.44. The number of phenols is 2. The minimum atomic E-state index is -0.900. The molecule has 0 spiro atoms. The lowest BCUT2D eigenvalue weighted by atomic mass is 9.87. The summed E-state index contributed by atoms with van der Waals surface area (Å²) in [7, 11) is 0. The number of phenolic OH excluding ortho intramolecular Hbond substituents is 2. The minimum absolute atomic E-state index is 0.0279. The Morgan fingerprint density at radius 2 is 1.27 bits per heavy atom. The predicted molar refractivity (Wildman–Crippen MR) is 302 cm³/mol. The molecule has 0 fully saturated rings. The number of pyridine rings is 2. The van der Waals surface area contributed by atoms with Gasteiger partial charge in [-0.1, -0.05) is 107 Å². The zero-order valence-corrected chi connectivity index (χ0v) is 44.1. The number of fused-ring (bicyclic) bond motifs is 1. The number of hydrogen-bond acceptors (Lipinski definition) is 12. The number of nitrogens with zero attached hydrogens (tertiary/aromatic N) is 6. The van der Waals surface area contributed by atoms with E-state index < -0.39 is 35.7 Å². The van der Waals surface area contributed by atoms with Crippen LogP contribution in [0.25, 0.3) is 50.4 Å². The highest BCUT2D eigenvalue weighted by Gasteiger charge is 2.22. The molecule has 0 saturated heterocycles. The average Bonchev–Trinajstić information content (AvgIpc) is 4.11. The number of unbranched alkanes of at least 4 members (excludes halogenated alkanes) is 1. The van der Waals surface area contributed by atoms with E-state index in [4.69, 9.17) is 21.7 Å². The van der Waals surface area contributed by atoms with E-state index in [1.807, 2.05) is 88.4 Å². The van der Waals surface area contributed by atoms with E-state index in [9.17, 15) is 29.4 Å². The number of imide groups is 2. The van der Waals surface area contributed by atoms with Crippen LogP contribution in [-0.4, -0.2) is 75.5 Å². The molecule has 2 unspecified atom stereocenters. The molecule has 16 heteroatoms. The van der Waals surface area contributed by atoms with Crippen molar-refractivity contribution in [1.29, 1.82) is 0 Å². The summed E-state index contributed by atoms with van der Waals surface area (Å²) in [5, 5.41) is 35.5. The Bertz CT molecular complexity index is 3500. The first kappa shape index (κ1) is 55.1. The Morgan fingerprint density at radius 3 is 1.87 bits per heavy atom. The van der Waals surface area contributed by atoms with Crippen molar-refractivity contribution < 1.29 is 29.4 Å².